The molecule has 2 aliphatic heterocycles. The van der Waals surface area contributed by atoms with Crippen LogP contribution in [0.5, 0.6) is 0 Å². The first kappa shape index (κ1) is 18.5. The van der Waals surface area contributed by atoms with Crippen LogP contribution in [0.15, 0.2) is 42.5 Å². The molecule has 0 bridgehead atoms. The average Bonchev–Trinajstić information content (AvgIpc) is 3.30. The summed E-state index contributed by atoms with van der Waals surface area (Å²) in [6.07, 6.45) is 2.60. The number of halogens is 1. The number of amides is 3. The quantitative estimate of drug-likeness (QED) is 0.851. The van der Waals surface area contributed by atoms with Gasteiger partial charge in [-0.2, -0.15) is 0 Å². The molecule has 7 heteroatoms. The normalized spacial score (nSPS) is 16.8. The molecule has 0 radical (unpaired) electrons. The fraction of sp³-hybridized carbons (Fsp3) is 0.286. The first-order valence-corrected chi connectivity index (χ1v) is 9.73. The van der Waals surface area contributed by atoms with E-state index in [-0.39, 0.29) is 17.7 Å². The van der Waals surface area contributed by atoms with E-state index in [1.54, 1.807) is 34.1 Å². The number of anilines is 3. The SMILES string of the molecule is O=C(Nc1ccccc1N1CCCC1=O)c1ccc(Cl)c(N2CCCC2=O)c1. The Morgan fingerprint density at radius 3 is 2.18 bits per heavy atom. The van der Waals surface area contributed by atoms with Crippen LogP contribution in [0.2, 0.25) is 5.02 Å². The van der Waals surface area contributed by atoms with Crippen LogP contribution in [0.1, 0.15) is 36.0 Å². The summed E-state index contributed by atoms with van der Waals surface area (Å²) in [6.45, 7) is 1.25. The van der Waals surface area contributed by atoms with Crippen molar-refractivity contribution in [3.8, 4) is 0 Å². The molecule has 0 aliphatic carbocycles. The van der Waals surface area contributed by atoms with Crippen LogP contribution in [0.3, 0.4) is 0 Å². The smallest absolute Gasteiger partial charge is 0.255 e. The Labute approximate surface area is 168 Å². The van der Waals surface area contributed by atoms with Gasteiger partial charge in [-0.05, 0) is 43.2 Å². The van der Waals surface area contributed by atoms with Crippen molar-refractivity contribution in [2.24, 2.45) is 0 Å². The summed E-state index contributed by atoms with van der Waals surface area (Å²) in [7, 11) is 0. The van der Waals surface area contributed by atoms with Gasteiger partial charge in [-0.1, -0.05) is 23.7 Å². The van der Waals surface area contributed by atoms with Crippen LogP contribution in [0.4, 0.5) is 17.1 Å². The Kier molecular flexibility index (Phi) is 5.05. The summed E-state index contributed by atoms with van der Waals surface area (Å²) in [6, 6.07) is 12.2. The minimum absolute atomic E-state index is 0.0114. The molecule has 2 saturated heterocycles. The van der Waals surface area contributed by atoms with Crippen molar-refractivity contribution in [1.29, 1.82) is 0 Å². The molecule has 0 spiro atoms. The molecule has 4 rings (SSSR count). The Morgan fingerprint density at radius 1 is 0.893 bits per heavy atom. The predicted molar refractivity (Wildman–Crippen MR) is 109 cm³/mol. The van der Waals surface area contributed by atoms with Gasteiger partial charge in [0.05, 0.1) is 22.1 Å². The molecule has 28 heavy (non-hydrogen) atoms. The van der Waals surface area contributed by atoms with Crippen molar-refractivity contribution in [2.45, 2.75) is 25.7 Å². The maximum atomic E-state index is 12.9. The van der Waals surface area contributed by atoms with E-state index in [1.165, 1.54) is 0 Å². The van der Waals surface area contributed by atoms with Gasteiger partial charge in [-0.25, -0.2) is 0 Å². The van der Waals surface area contributed by atoms with Gasteiger partial charge in [0.2, 0.25) is 11.8 Å². The molecular formula is C21H20ClN3O3. The molecule has 2 fully saturated rings. The molecule has 0 unspecified atom stereocenters. The molecule has 0 atom stereocenters. The van der Waals surface area contributed by atoms with Crippen LogP contribution in [0, 0.1) is 0 Å². The number of benzene rings is 2. The summed E-state index contributed by atoms with van der Waals surface area (Å²) in [5.41, 5.74) is 2.24. The lowest BCUT2D eigenvalue weighted by atomic mass is 10.1. The molecular weight excluding hydrogens is 378 g/mol. The van der Waals surface area contributed by atoms with Gasteiger partial charge in [0.15, 0.2) is 0 Å². The van der Waals surface area contributed by atoms with E-state index in [2.05, 4.69) is 5.32 Å². The topological polar surface area (TPSA) is 69.7 Å². The number of hydrogen-bond acceptors (Lipinski definition) is 3. The fourth-order valence-corrected chi connectivity index (χ4v) is 3.90. The van der Waals surface area contributed by atoms with E-state index >= 15 is 0 Å². The summed E-state index contributed by atoms with van der Waals surface area (Å²) < 4.78 is 0. The number of hydrogen-bond donors (Lipinski definition) is 1. The van der Waals surface area contributed by atoms with Crippen molar-refractivity contribution < 1.29 is 14.4 Å². The van der Waals surface area contributed by atoms with Crippen LogP contribution in [0.25, 0.3) is 0 Å². The minimum Gasteiger partial charge on any atom is -0.320 e. The number of carbonyl (C=O) groups excluding carboxylic acids is 3. The third kappa shape index (κ3) is 3.47. The van der Waals surface area contributed by atoms with E-state index in [1.807, 2.05) is 18.2 Å². The third-order valence-corrected chi connectivity index (χ3v) is 5.41. The number of carbonyl (C=O) groups is 3. The van der Waals surface area contributed by atoms with Crippen LogP contribution < -0.4 is 15.1 Å². The summed E-state index contributed by atoms with van der Waals surface area (Å²) in [5.74, 6) is -0.246. The van der Waals surface area contributed by atoms with E-state index in [0.29, 0.717) is 53.6 Å². The maximum Gasteiger partial charge on any atom is 0.255 e. The van der Waals surface area contributed by atoms with Crippen LogP contribution >= 0.6 is 11.6 Å². The zero-order chi connectivity index (χ0) is 19.7. The van der Waals surface area contributed by atoms with Crippen molar-refractivity contribution in [3.05, 3.63) is 53.1 Å². The molecule has 144 valence electrons. The van der Waals surface area contributed by atoms with Gasteiger partial charge in [0, 0.05) is 31.5 Å². The molecule has 3 amide bonds. The van der Waals surface area contributed by atoms with Gasteiger partial charge in [-0.3, -0.25) is 14.4 Å². The second-order valence-electron chi connectivity index (χ2n) is 6.94. The average molecular weight is 398 g/mol. The van der Waals surface area contributed by atoms with Gasteiger partial charge in [0.25, 0.3) is 5.91 Å². The summed E-state index contributed by atoms with van der Waals surface area (Å²) >= 11 is 6.26. The first-order valence-electron chi connectivity index (χ1n) is 9.35. The summed E-state index contributed by atoms with van der Waals surface area (Å²) in [5, 5.41) is 3.33. The highest BCUT2D eigenvalue weighted by Gasteiger charge is 2.26. The molecule has 2 heterocycles. The lowest BCUT2D eigenvalue weighted by Gasteiger charge is -2.21. The number of rotatable bonds is 4. The molecule has 2 aromatic rings. The Balaban J connectivity index is 1.60. The minimum atomic E-state index is -0.316. The second kappa shape index (κ2) is 7.64. The maximum absolute atomic E-state index is 12.9. The zero-order valence-electron chi connectivity index (χ0n) is 15.3. The second-order valence-corrected chi connectivity index (χ2v) is 7.34. The highest BCUT2D eigenvalue weighted by atomic mass is 35.5. The number of para-hydroxylation sites is 2. The van der Waals surface area contributed by atoms with Gasteiger partial charge >= 0.3 is 0 Å². The first-order chi connectivity index (χ1) is 13.5. The highest BCUT2D eigenvalue weighted by Crippen LogP contribution is 2.32. The molecule has 6 nitrogen and oxygen atoms in total. The molecule has 1 N–H and O–H groups in total. The van der Waals surface area contributed by atoms with Crippen molar-refractivity contribution in [1.82, 2.24) is 0 Å². The van der Waals surface area contributed by atoms with Crippen molar-refractivity contribution >= 4 is 46.4 Å². The molecule has 2 aliphatic rings. The third-order valence-electron chi connectivity index (χ3n) is 5.09. The predicted octanol–water partition coefficient (Wildman–Crippen LogP) is 3.85. The molecule has 2 aromatic carbocycles. The van der Waals surface area contributed by atoms with Crippen molar-refractivity contribution in [2.75, 3.05) is 28.2 Å². The lowest BCUT2D eigenvalue weighted by molar-refractivity contribution is -0.117. The number of nitrogens with zero attached hydrogens (tertiary/aromatic N) is 2. The van der Waals surface area contributed by atoms with E-state index in [9.17, 15) is 14.4 Å². The number of nitrogens with one attached hydrogen (secondary N) is 1. The molecule has 0 saturated carbocycles. The highest BCUT2D eigenvalue weighted by molar-refractivity contribution is 6.34. The Bertz CT molecular complexity index is 960. The molecule has 0 aromatic heterocycles. The lowest BCUT2D eigenvalue weighted by Crippen LogP contribution is -2.26. The fourth-order valence-electron chi connectivity index (χ4n) is 3.68. The largest absolute Gasteiger partial charge is 0.320 e. The van der Waals surface area contributed by atoms with Gasteiger partial charge in [-0.15, -0.1) is 0 Å². The summed E-state index contributed by atoms with van der Waals surface area (Å²) in [4.78, 5) is 40.3. The Morgan fingerprint density at radius 2 is 1.54 bits per heavy atom. The van der Waals surface area contributed by atoms with E-state index in [0.717, 1.165) is 12.8 Å². The zero-order valence-corrected chi connectivity index (χ0v) is 16.0. The van der Waals surface area contributed by atoms with E-state index in [4.69, 9.17) is 11.6 Å². The van der Waals surface area contributed by atoms with Crippen LogP contribution in [-0.2, 0) is 9.59 Å². The Hall–Kier alpha value is -2.86. The van der Waals surface area contributed by atoms with E-state index < -0.39 is 0 Å². The van der Waals surface area contributed by atoms with Gasteiger partial charge < -0.3 is 15.1 Å². The van der Waals surface area contributed by atoms with Crippen molar-refractivity contribution in [3.63, 3.8) is 0 Å². The monoisotopic (exact) mass is 397 g/mol. The van der Waals surface area contributed by atoms with Crippen LogP contribution in [-0.4, -0.2) is 30.8 Å². The standard InChI is InChI=1S/C21H20ClN3O3/c22-15-10-9-14(13-18(15)25-12-4-8-20(25)27)21(28)23-16-5-1-2-6-17(16)24-11-3-7-19(24)26/h1-2,5-6,9-10,13H,3-4,7-8,11-12H2,(H,23,28). The van der Waals surface area contributed by atoms with Gasteiger partial charge in [0.1, 0.15) is 0 Å².